The van der Waals surface area contributed by atoms with Crippen LogP contribution in [0.15, 0.2) is 12.2 Å². The van der Waals surface area contributed by atoms with Gasteiger partial charge in [-0.05, 0) is 19.8 Å². The molecule has 2 amide bonds. The van der Waals surface area contributed by atoms with Gasteiger partial charge in [-0.15, -0.1) is 0 Å². The zero-order valence-electron chi connectivity index (χ0n) is 11.9. The first-order valence-electron chi connectivity index (χ1n) is 6.46. The molecule has 1 aliphatic heterocycles. The predicted molar refractivity (Wildman–Crippen MR) is 72.0 cm³/mol. The number of nitrogens with zero attached hydrogens (tertiary/aromatic N) is 1. The first-order valence-corrected chi connectivity index (χ1v) is 6.46. The molecule has 1 N–H and O–H groups in total. The predicted octanol–water partition coefficient (Wildman–Crippen LogP) is 1.72. The Hall–Kier alpha value is -1.32. The van der Waals surface area contributed by atoms with Gasteiger partial charge in [0.1, 0.15) is 6.04 Å². The topological polar surface area (TPSA) is 49.4 Å². The van der Waals surface area contributed by atoms with Crippen LogP contribution < -0.4 is 5.32 Å². The van der Waals surface area contributed by atoms with Crippen LogP contribution in [0.25, 0.3) is 0 Å². The average molecular weight is 252 g/mol. The SMILES string of the molecule is C=C(C)CNC(=O)C1CCCN1C(=O)C(C)(C)C. The molecule has 0 spiro atoms. The van der Waals surface area contributed by atoms with Crippen LogP contribution in [-0.4, -0.2) is 35.8 Å². The summed E-state index contributed by atoms with van der Waals surface area (Å²) in [6.45, 7) is 12.4. The summed E-state index contributed by atoms with van der Waals surface area (Å²) in [7, 11) is 0. The summed E-state index contributed by atoms with van der Waals surface area (Å²) in [5.41, 5.74) is 0.479. The largest absolute Gasteiger partial charge is 0.351 e. The molecule has 0 radical (unpaired) electrons. The van der Waals surface area contributed by atoms with Crippen molar-refractivity contribution in [1.82, 2.24) is 10.2 Å². The number of carbonyl (C=O) groups is 2. The minimum atomic E-state index is -0.433. The van der Waals surface area contributed by atoms with Gasteiger partial charge in [0.05, 0.1) is 0 Å². The highest BCUT2D eigenvalue weighted by Crippen LogP contribution is 2.25. The zero-order valence-corrected chi connectivity index (χ0v) is 11.9. The maximum Gasteiger partial charge on any atom is 0.243 e. The molecule has 0 saturated carbocycles. The van der Waals surface area contributed by atoms with Crippen molar-refractivity contribution in [3.63, 3.8) is 0 Å². The van der Waals surface area contributed by atoms with Gasteiger partial charge in [0.2, 0.25) is 11.8 Å². The molecule has 1 aliphatic rings. The van der Waals surface area contributed by atoms with Crippen LogP contribution in [0.5, 0.6) is 0 Å². The zero-order chi connectivity index (χ0) is 13.9. The monoisotopic (exact) mass is 252 g/mol. The second-order valence-electron chi connectivity index (χ2n) is 6.08. The summed E-state index contributed by atoms with van der Waals surface area (Å²) in [6.07, 6.45) is 1.65. The van der Waals surface area contributed by atoms with Crippen LogP contribution in [0, 0.1) is 5.41 Å². The van der Waals surface area contributed by atoms with E-state index < -0.39 is 5.41 Å². The molecule has 1 fully saturated rings. The third-order valence-corrected chi connectivity index (χ3v) is 3.02. The van der Waals surface area contributed by atoms with Gasteiger partial charge in [-0.2, -0.15) is 0 Å². The van der Waals surface area contributed by atoms with Crippen molar-refractivity contribution in [3.05, 3.63) is 12.2 Å². The van der Waals surface area contributed by atoms with Crippen LogP contribution in [-0.2, 0) is 9.59 Å². The van der Waals surface area contributed by atoms with E-state index in [0.29, 0.717) is 13.1 Å². The van der Waals surface area contributed by atoms with Gasteiger partial charge in [-0.1, -0.05) is 32.9 Å². The summed E-state index contributed by atoms with van der Waals surface area (Å²) in [5.74, 6) is -0.0106. The van der Waals surface area contributed by atoms with Crippen molar-refractivity contribution in [2.24, 2.45) is 5.41 Å². The molecule has 0 aromatic heterocycles. The number of amides is 2. The lowest BCUT2D eigenvalue weighted by Gasteiger charge is -2.30. The fourth-order valence-electron chi connectivity index (χ4n) is 2.07. The van der Waals surface area contributed by atoms with Crippen molar-refractivity contribution in [2.75, 3.05) is 13.1 Å². The van der Waals surface area contributed by atoms with Crippen LogP contribution >= 0.6 is 0 Å². The molecular formula is C14H24N2O2. The van der Waals surface area contributed by atoms with Crippen LogP contribution in [0.2, 0.25) is 0 Å². The Morgan fingerprint density at radius 3 is 2.50 bits per heavy atom. The molecule has 1 atom stereocenters. The minimum absolute atomic E-state index is 0.0514. The summed E-state index contributed by atoms with van der Waals surface area (Å²) >= 11 is 0. The third kappa shape index (κ3) is 3.59. The first kappa shape index (κ1) is 14.7. The highest BCUT2D eigenvalue weighted by molar-refractivity contribution is 5.90. The maximum atomic E-state index is 12.2. The lowest BCUT2D eigenvalue weighted by molar-refractivity contribution is -0.144. The quantitative estimate of drug-likeness (QED) is 0.777. The molecule has 4 nitrogen and oxygen atoms in total. The molecule has 0 aromatic rings. The number of rotatable bonds is 3. The standard InChI is InChI=1S/C14H24N2O2/c1-10(2)9-15-12(17)11-7-6-8-16(11)13(18)14(3,4)5/h11H,1,6-9H2,2-5H3,(H,15,17). The van der Waals surface area contributed by atoms with Gasteiger partial charge in [0.25, 0.3) is 0 Å². The van der Waals surface area contributed by atoms with Gasteiger partial charge < -0.3 is 10.2 Å². The molecule has 0 bridgehead atoms. The van der Waals surface area contributed by atoms with E-state index >= 15 is 0 Å². The van der Waals surface area contributed by atoms with Crippen molar-refractivity contribution in [2.45, 2.75) is 46.6 Å². The fourth-order valence-corrected chi connectivity index (χ4v) is 2.07. The Morgan fingerprint density at radius 2 is 2.00 bits per heavy atom. The van der Waals surface area contributed by atoms with E-state index in [4.69, 9.17) is 0 Å². The molecule has 1 heterocycles. The van der Waals surface area contributed by atoms with Crippen LogP contribution in [0.4, 0.5) is 0 Å². The summed E-state index contributed by atoms with van der Waals surface area (Å²) in [6, 6.07) is -0.309. The van der Waals surface area contributed by atoms with E-state index in [0.717, 1.165) is 18.4 Å². The fraction of sp³-hybridized carbons (Fsp3) is 0.714. The van der Waals surface area contributed by atoms with E-state index in [2.05, 4.69) is 11.9 Å². The lowest BCUT2D eigenvalue weighted by atomic mass is 9.94. The van der Waals surface area contributed by atoms with E-state index in [-0.39, 0.29) is 17.9 Å². The highest BCUT2D eigenvalue weighted by atomic mass is 16.2. The molecular weight excluding hydrogens is 228 g/mol. The number of carbonyl (C=O) groups excluding carboxylic acids is 2. The molecule has 0 aliphatic carbocycles. The molecule has 1 saturated heterocycles. The van der Waals surface area contributed by atoms with Gasteiger partial charge in [-0.3, -0.25) is 9.59 Å². The molecule has 18 heavy (non-hydrogen) atoms. The summed E-state index contributed by atoms with van der Waals surface area (Å²) in [5, 5.41) is 2.83. The summed E-state index contributed by atoms with van der Waals surface area (Å²) in [4.78, 5) is 26.0. The van der Waals surface area contributed by atoms with E-state index in [1.165, 1.54) is 0 Å². The number of hydrogen-bond acceptors (Lipinski definition) is 2. The Morgan fingerprint density at radius 1 is 1.39 bits per heavy atom. The van der Waals surface area contributed by atoms with Gasteiger partial charge in [0, 0.05) is 18.5 Å². The van der Waals surface area contributed by atoms with Crippen molar-refractivity contribution in [1.29, 1.82) is 0 Å². The Labute approximate surface area is 109 Å². The third-order valence-electron chi connectivity index (χ3n) is 3.02. The van der Waals surface area contributed by atoms with E-state index in [9.17, 15) is 9.59 Å². The molecule has 0 aromatic carbocycles. The summed E-state index contributed by atoms with van der Waals surface area (Å²) < 4.78 is 0. The van der Waals surface area contributed by atoms with Crippen LogP contribution in [0.1, 0.15) is 40.5 Å². The van der Waals surface area contributed by atoms with Crippen LogP contribution in [0.3, 0.4) is 0 Å². The Kier molecular flexibility index (Phi) is 4.54. The normalized spacial score (nSPS) is 19.8. The molecule has 1 rings (SSSR count). The smallest absolute Gasteiger partial charge is 0.243 e. The molecule has 1 unspecified atom stereocenters. The highest BCUT2D eigenvalue weighted by Gasteiger charge is 2.38. The van der Waals surface area contributed by atoms with Gasteiger partial charge >= 0.3 is 0 Å². The number of nitrogens with one attached hydrogen (secondary N) is 1. The van der Waals surface area contributed by atoms with Gasteiger partial charge in [0.15, 0.2) is 0 Å². The molecule has 4 heteroatoms. The first-order chi connectivity index (χ1) is 8.23. The van der Waals surface area contributed by atoms with E-state index in [1.807, 2.05) is 27.7 Å². The van der Waals surface area contributed by atoms with Crippen molar-refractivity contribution < 1.29 is 9.59 Å². The van der Waals surface area contributed by atoms with Crippen molar-refractivity contribution >= 4 is 11.8 Å². The number of hydrogen-bond donors (Lipinski definition) is 1. The minimum Gasteiger partial charge on any atom is -0.351 e. The average Bonchev–Trinajstić information content (AvgIpc) is 2.71. The second-order valence-corrected chi connectivity index (χ2v) is 6.08. The second kappa shape index (κ2) is 5.55. The number of likely N-dealkylation sites (tertiary alicyclic amines) is 1. The lowest BCUT2D eigenvalue weighted by Crippen LogP contribution is -2.49. The molecule has 102 valence electrons. The van der Waals surface area contributed by atoms with Gasteiger partial charge in [-0.25, -0.2) is 0 Å². The Bertz CT molecular complexity index is 355. The Balaban J connectivity index is 2.67. The maximum absolute atomic E-state index is 12.2. The van der Waals surface area contributed by atoms with Crippen molar-refractivity contribution in [3.8, 4) is 0 Å². The van der Waals surface area contributed by atoms with E-state index in [1.54, 1.807) is 4.90 Å².